The zero-order chi connectivity index (χ0) is 36.1. The number of anilines is 1. The first-order valence-electron chi connectivity index (χ1n) is 16.4. The molecule has 0 spiro atoms. The zero-order valence-corrected chi connectivity index (χ0v) is 29.3. The molecule has 0 aliphatic rings. The summed E-state index contributed by atoms with van der Waals surface area (Å²) in [6.07, 6.45) is 1.43. The molecular weight excluding hydrogens is 669 g/mol. The quantitative estimate of drug-likeness (QED) is 0.145. The van der Waals surface area contributed by atoms with Crippen molar-refractivity contribution in [2.24, 2.45) is 0 Å². The molecule has 4 aromatic carbocycles. The van der Waals surface area contributed by atoms with Gasteiger partial charge in [-0.1, -0.05) is 78.9 Å². The number of thiophene rings is 1. The molecule has 0 saturated heterocycles. The predicted molar refractivity (Wildman–Crippen MR) is 199 cm³/mol. The molecule has 0 radical (unpaired) electrons. The highest BCUT2D eigenvalue weighted by atomic mass is 32.1. The third kappa shape index (κ3) is 7.90. The lowest BCUT2D eigenvalue weighted by atomic mass is 10.0. The van der Waals surface area contributed by atoms with Crippen LogP contribution in [0.2, 0.25) is 0 Å². The van der Waals surface area contributed by atoms with E-state index in [1.807, 2.05) is 79.8 Å². The molecule has 51 heavy (non-hydrogen) atoms. The number of nitrogens with zero attached hydrogens (tertiary/aromatic N) is 3. The van der Waals surface area contributed by atoms with Crippen LogP contribution >= 0.6 is 11.3 Å². The summed E-state index contributed by atoms with van der Waals surface area (Å²) < 4.78 is 31.8. The van der Waals surface area contributed by atoms with Crippen LogP contribution in [0.1, 0.15) is 32.6 Å². The van der Waals surface area contributed by atoms with Crippen LogP contribution < -0.4 is 16.1 Å². The van der Waals surface area contributed by atoms with Crippen LogP contribution in [0, 0.1) is 11.6 Å². The van der Waals surface area contributed by atoms with Crippen molar-refractivity contribution in [2.45, 2.75) is 26.2 Å². The molecule has 0 aliphatic carbocycles. The van der Waals surface area contributed by atoms with Crippen molar-refractivity contribution in [2.75, 3.05) is 26.5 Å². The molecule has 0 unspecified atom stereocenters. The van der Waals surface area contributed by atoms with E-state index >= 15 is 8.78 Å². The zero-order valence-electron chi connectivity index (χ0n) is 28.5. The van der Waals surface area contributed by atoms with E-state index in [1.165, 1.54) is 47.7 Å². The van der Waals surface area contributed by atoms with E-state index in [1.54, 1.807) is 23.7 Å². The molecule has 8 nitrogen and oxygen atoms in total. The van der Waals surface area contributed by atoms with Gasteiger partial charge in [0.1, 0.15) is 22.0 Å². The van der Waals surface area contributed by atoms with Gasteiger partial charge in [-0.3, -0.25) is 14.5 Å². The summed E-state index contributed by atoms with van der Waals surface area (Å²) in [5.41, 5.74) is 3.28. The lowest BCUT2D eigenvalue weighted by Crippen LogP contribution is -2.32. The molecule has 2 N–H and O–H groups in total. The number of halogens is 2. The van der Waals surface area contributed by atoms with E-state index in [-0.39, 0.29) is 30.2 Å². The highest BCUT2D eigenvalue weighted by molar-refractivity contribution is 7.22. The Bertz CT molecular complexity index is 2220. The van der Waals surface area contributed by atoms with E-state index in [2.05, 4.69) is 15.5 Å². The Hall–Kier alpha value is -5.65. The van der Waals surface area contributed by atoms with E-state index in [0.29, 0.717) is 34.6 Å². The Morgan fingerprint density at radius 3 is 1.98 bits per heavy atom. The average Bonchev–Trinajstić information content (AvgIpc) is 3.51. The van der Waals surface area contributed by atoms with Gasteiger partial charge in [-0.05, 0) is 53.6 Å². The van der Waals surface area contributed by atoms with Crippen molar-refractivity contribution < 1.29 is 18.4 Å². The Labute approximate surface area is 298 Å². The van der Waals surface area contributed by atoms with E-state index in [0.717, 1.165) is 21.6 Å². The lowest BCUT2D eigenvalue weighted by molar-refractivity contribution is 0.0783. The summed E-state index contributed by atoms with van der Waals surface area (Å²) in [6.45, 7) is 0.937. The van der Waals surface area contributed by atoms with Crippen LogP contribution in [0.25, 0.3) is 20.7 Å². The van der Waals surface area contributed by atoms with Gasteiger partial charge in [0, 0.05) is 56.1 Å². The van der Waals surface area contributed by atoms with E-state index in [4.69, 9.17) is 0 Å². The Morgan fingerprint density at radius 1 is 0.765 bits per heavy atom. The third-order valence-electron chi connectivity index (χ3n) is 8.59. The standard InChI is InChI=1S/C40H37F2N5O3S/c1-43-40(50)44-29-19-17-28(18-20-29)37-31(23-45(2)21-26-11-6-4-7-12-26)35-36(48)32(38(49)46(3)22-27-13-8-5-9-14-27)25-47(39(35)51-37)24-30-33(41)15-10-16-34(30)42/h4-20,25H,21-24H2,1-3H3,(H2,43,44,50). The molecule has 2 aromatic heterocycles. The second-order valence-corrected chi connectivity index (χ2v) is 13.4. The van der Waals surface area contributed by atoms with Gasteiger partial charge >= 0.3 is 6.03 Å². The Morgan fingerprint density at radius 2 is 1.37 bits per heavy atom. The molecule has 0 aliphatic heterocycles. The van der Waals surface area contributed by atoms with Gasteiger partial charge in [-0.25, -0.2) is 13.6 Å². The van der Waals surface area contributed by atoms with Crippen molar-refractivity contribution in [1.82, 2.24) is 19.7 Å². The number of fused-ring (bicyclic) bond motifs is 1. The van der Waals surface area contributed by atoms with Crippen LogP contribution in [0.5, 0.6) is 0 Å². The van der Waals surface area contributed by atoms with Crippen molar-refractivity contribution in [3.05, 3.63) is 159 Å². The number of hydrogen-bond donors (Lipinski definition) is 2. The van der Waals surface area contributed by atoms with Gasteiger partial charge in [-0.15, -0.1) is 11.3 Å². The largest absolute Gasteiger partial charge is 0.341 e. The van der Waals surface area contributed by atoms with Gasteiger partial charge in [0.2, 0.25) is 5.43 Å². The molecule has 6 aromatic rings. The minimum absolute atomic E-state index is 0.0980. The smallest absolute Gasteiger partial charge is 0.318 e. The summed E-state index contributed by atoms with van der Waals surface area (Å²) in [6, 6.07) is 29.9. The molecule has 3 amide bonds. The van der Waals surface area contributed by atoms with E-state index < -0.39 is 23.0 Å². The second kappa shape index (κ2) is 15.5. The maximum Gasteiger partial charge on any atom is 0.318 e. The number of aromatic nitrogens is 1. The van der Waals surface area contributed by atoms with Crippen molar-refractivity contribution >= 4 is 39.2 Å². The van der Waals surface area contributed by atoms with Crippen molar-refractivity contribution in [3.63, 3.8) is 0 Å². The molecular formula is C40H37F2N5O3S. The number of carbonyl (C=O) groups excluding carboxylic acids is 2. The Kier molecular flexibility index (Phi) is 10.7. The van der Waals surface area contributed by atoms with Gasteiger partial charge in [-0.2, -0.15) is 0 Å². The highest BCUT2D eigenvalue weighted by Crippen LogP contribution is 2.39. The monoisotopic (exact) mass is 705 g/mol. The fourth-order valence-corrected chi connectivity index (χ4v) is 7.35. The topological polar surface area (TPSA) is 86.7 Å². The first kappa shape index (κ1) is 35.2. The fourth-order valence-electron chi connectivity index (χ4n) is 6.06. The van der Waals surface area contributed by atoms with E-state index in [9.17, 15) is 14.4 Å². The van der Waals surface area contributed by atoms with Crippen LogP contribution in [0.3, 0.4) is 0 Å². The van der Waals surface area contributed by atoms with Gasteiger partial charge < -0.3 is 20.1 Å². The van der Waals surface area contributed by atoms with Gasteiger partial charge in [0.25, 0.3) is 5.91 Å². The fraction of sp³-hybridized carbons (Fsp3) is 0.175. The molecule has 0 bridgehead atoms. The summed E-state index contributed by atoms with van der Waals surface area (Å²) in [4.78, 5) is 45.4. The number of benzene rings is 4. The molecule has 11 heteroatoms. The van der Waals surface area contributed by atoms with Crippen LogP contribution in [0.4, 0.5) is 19.3 Å². The molecule has 260 valence electrons. The average molecular weight is 706 g/mol. The summed E-state index contributed by atoms with van der Waals surface area (Å²) in [5, 5.41) is 5.60. The molecule has 2 heterocycles. The number of pyridine rings is 1. The van der Waals surface area contributed by atoms with Crippen LogP contribution in [-0.4, -0.2) is 47.4 Å². The lowest BCUT2D eigenvalue weighted by Gasteiger charge is -2.20. The number of amides is 3. The predicted octanol–water partition coefficient (Wildman–Crippen LogP) is 7.71. The first-order valence-corrected chi connectivity index (χ1v) is 17.2. The van der Waals surface area contributed by atoms with Crippen LogP contribution in [0.15, 0.2) is 114 Å². The SMILES string of the molecule is CNC(=O)Nc1ccc(-c2sc3c(c2CN(C)Cc2ccccc2)c(=O)c(C(=O)N(C)Cc2ccccc2)cn3Cc2c(F)cccc2F)cc1. The normalized spacial score (nSPS) is 11.2. The van der Waals surface area contributed by atoms with Crippen molar-refractivity contribution in [1.29, 1.82) is 0 Å². The summed E-state index contributed by atoms with van der Waals surface area (Å²) in [5.74, 6) is -1.96. The highest BCUT2D eigenvalue weighted by Gasteiger charge is 2.26. The molecule has 0 saturated carbocycles. The number of urea groups is 1. The number of nitrogens with one attached hydrogen (secondary N) is 2. The minimum Gasteiger partial charge on any atom is -0.341 e. The van der Waals surface area contributed by atoms with Gasteiger partial charge in [0.15, 0.2) is 0 Å². The number of carbonyl (C=O) groups is 2. The maximum atomic E-state index is 15.1. The second-order valence-electron chi connectivity index (χ2n) is 12.4. The maximum absolute atomic E-state index is 15.1. The number of rotatable bonds is 11. The third-order valence-corrected chi connectivity index (χ3v) is 9.91. The van der Waals surface area contributed by atoms with Gasteiger partial charge in [0.05, 0.1) is 11.9 Å². The summed E-state index contributed by atoms with van der Waals surface area (Å²) >= 11 is 1.32. The van der Waals surface area contributed by atoms with Crippen LogP contribution in [-0.2, 0) is 26.2 Å². The minimum atomic E-state index is -0.727. The Balaban J connectivity index is 1.54. The molecule has 0 atom stereocenters. The van der Waals surface area contributed by atoms with Crippen molar-refractivity contribution in [3.8, 4) is 10.4 Å². The number of hydrogen-bond acceptors (Lipinski definition) is 5. The molecule has 6 rings (SSSR count). The molecule has 0 fully saturated rings. The first-order chi connectivity index (χ1) is 24.6. The summed E-state index contributed by atoms with van der Waals surface area (Å²) in [7, 11) is 5.11.